The maximum absolute atomic E-state index is 10.6. The quantitative estimate of drug-likeness (QED) is 0.366. The van der Waals surface area contributed by atoms with Crippen molar-refractivity contribution in [2.24, 2.45) is 0 Å². The molecule has 2 nitrogen and oxygen atoms in total. The van der Waals surface area contributed by atoms with Crippen LogP contribution in [0.1, 0.15) is 6.92 Å². The molecule has 54 valence electrons. The Kier molecular flexibility index (Phi) is 3.96. The van der Waals surface area contributed by atoms with Gasteiger partial charge in [0.2, 0.25) is 0 Å². The van der Waals surface area contributed by atoms with Crippen LogP contribution in [0.25, 0.3) is 0 Å². The van der Waals surface area contributed by atoms with Crippen molar-refractivity contribution in [2.45, 2.75) is 6.92 Å². The van der Waals surface area contributed by atoms with Gasteiger partial charge in [-0.1, -0.05) is 18.7 Å². The lowest BCUT2D eigenvalue weighted by molar-refractivity contribution is -0.113. The van der Waals surface area contributed by atoms with Gasteiger partial charge in [0.1, 0.15) is 0 Å². The van der Waals surface area contributed by atoms with E-state index in [9.17, 15) is 4.79 Å². The van der Waals surface area contributed by atoms with Crippen molar-refractivity contribution in [3.63, 3.8) is 0 Å². The summed E-state index contributed by atoms with van der Waals surface area (Å²) in [6.07, 6.45) is 5.40. The van der Waals surface area contributed by atoms with E-state index in [0.717, 1.165) is 6.26 Å². The van der Waals surface area contributed by atoms with Crippen LogP contribution in [0, 0.1) is 0 Å². The molecule has 0 saturated heterocycles. The highest BCUT2D eigenvalue weighted by Gasteiger charge is 1.95. The number of carbonyl (C=O) groups excluding carboxylic acids is 1. The lowest BCUT2D eigenvalue weighted by Gasteiger charge is -1.89. The first-order valence-electron chi connectivity index (χ1n) is 2.86. The molecule has 0 bridgehead atoms. The number of Topliss-reactive ketones (excluding diaryl/α,β-unsaturated/α-hetero) is 1. The molecule has 0 fully saturated rings. The molecule has 0 aliphatic carbocycles. The van der Waals surface area contributed by atoms with Gasteiger partial charge in [0.25, 0.3) is 0 Å². The summed E-state index contributed by atoms with van der Waals surface area (Å²) < 4.78 is 0. The molecule has 0 radical (unpaired) electrons. The fourth-order valence-corrected chi connectivity index (χ4v) is 0.423. The number of hydrogen-bond acceptors (Lipinski definition) is 2. The second kappa shape index (κ2) is 4.56. The monoisotopic (exact) mass is 138 g/mol. The summed E-state index contributed by atoms with van der Waals surface area (Å²) in [6, 6.07) is 0. The molecule has 0 atom stereocenters. The third-order valence-corrected chi connectivity index (χ3v) is 0.957. The van der Waals surface area contributed by atoms with Crippen molar-refractivity contribution in [3.8, 4) is 0 Å². The first-order valence-corrected chi connectivity index (χ1v) is 2.86. The summed E-state index contributed by atoms with van der Waals surface area (Å²) in [5.74, 6) is -0.166. The first kappa shape index (κ1) is 8.69. The van der Waals surface area contributed by atoms with Crippen LogP contribution < -0.4 is 0 Å². The summed E-state index contributed by atoms with van der Waals surface area (Å²) in [5, 5.41) is 8.45. The minimum absolute atomic E-state index is 0.166. The summed E-state index contributed by atoms with van der Waals surface area (Å²) in [6.45, 7) is 4.80. The SMILES string of the molecule is C=C/C=C\C(=CO)C(C)=O. The van der Waals surface area contributed by atoms with Crippen LogP contribution in [0.3, 0.4) is 0 Å². The van der Waals surface area contributed by atoms with Gasteiger partial charge < -0.3 is 5.11 Å². The average Bonchev–Trinajstić information content (AvgIpc) is 1.89. The third kappa shape index (κ3) is 2.87. The van der Waals surface area contributed by atoms with Crippen molar-refractivity contribution in [1.29, 1.82) is 0 Å². The zero-order valence-electron chi connectivity index (χ0n) is 5.87. The predicted octanol–water partition coefficient (Wildman–Crippen LogP) is 1.76. The normalized spacial score (nSPS) is 11.9. The van der Waals surface area contributed by atoms with Crippen molar-refractivity contribution < 1.29 is 9.90 Å². The molecule has 0 aromatic carbocycles. The minimum Gasteiger partial charge on any atom is -0.515 e. The van der Waals surface area contributed by atoms with Crippen LogP contribution in [0.15, 0.2) is 36.6 Å². The Morgan fingerprint density at radius 1 is 1.60 bits per heavy atom. The highest BCUT2D eigenvalue weighted by atomic mass is 16.2. The van der Waals surface area contributed by atoms with E-state index in [0.29, 0.717) is 0 Å². The summed E-state index contributed by atoms with van der Waals surface area (Å²) in [4.78, 5) is 10.6. The van der Waals surface area contributed by atoms with Gasteiger partial charge >= 0.3 is 0 Å². The fourth-order valence-electron chi connectivity index (χ4n) is 0.423. The number of aliphatic hydroxyl groups excluding tert-OH is 1. The van der Waals surface area contributed by atoms with Gasteiger partial charge in [0, 0.05) is 0 Å². The number of ketones is 1. The van der Waals surface area contributed by atoms with Crippen molar-refractivity contribution in [2.75, 3.05) is 0 Å². The van der Waals surface area contributed by atoms with E-state index < -0.39 is 0 Å². The fraction of sp³-hybridized carbons (Fsp3) is 0.125. The second-order valence-electron chi connectivity index (χ2n) is 1.74. The zero-order chi connectivity index (χ0) is 7.98. The van der Waals surface area contributed by atoms with Crippen LogP contribution in [0.2, 0.25) is 0 Å². The van der Waals surface area contributed by atoms with Crippen LogP contribution in [0.4, 0.5) is 0 Å². The van der Waals surface area contributed by atoms with Crippen LogP contribution in [0.5, 0.6) is 0 Å². The molecular formula is C8H10O2. The molecule has 0 aliphatic heterocycles. The van der Waals surface area contributed by atoms with E-state index >= 15 is 0 Å². The largest absolute Gasteiger partial charge is 0.515 e. The molecule has 0 saturated carbocycles. The molecule has 0 amide bonds. The molecule has 0 unspecified atom stereocenters. The van der Waals surface area contributed by atoms with Gasteiger partial charge in [0.15, 0.2) is 5.78 Å². The molecule has 1 N–H and O–H groups in total. The lowest BCUT2D eigenvalue weighted by atomic mass is 10.2. The molecule has 0 aromatic rings. The highest BCUT2D eigenvalue weighted by Crippen LogP contribution is 1.96. The van der Waals surface area contributed by atoms with Gasteiger partial charge in [-0.25, -0.2) is 0 Å². The Balaban J connectivity index is 4.25. The van der Waals surface area contributed by atoms with Gasteiger partial charge in [-0.3, -0.25) is 4.79 Å². The maximum atomic E-state index is 10.6. The zero-order valence-corrected chi connectivity index (χ0v) is 5.87. The van der Waals surface area contributed by atoms with Gasteiger partial charge in [-0.05, 0) is 13.0 Å². The van der Waals surface area contributed by atoms with Crippen LogP contribution in [-0.2, 0) is 4.79 Å². The van der Waals surface area contributed by atoms with Crippen molar-refractivity contribution in [1.82, 2.24) is 0 Å². The molecule has 0 spiro atoms. The maximum Gasteiger partial charge on any atom is 0.162 e. The smallest absolute Gasteiger partial charge is 0.162 e. The van der Waals surface area contributed by atoms with E-state index in [1.807, 2.05) is 0 Å². The van der Waals surface area contributed by atoms with E-state index in [1.54, 1.807) is 6.08 Å². The Bertz CT molecular complexity index is 187. The Labute approximate surface area is 60.2 Å². The van der Waals surface area contributed by atoms with Crippen LogP contribution >= 0.6 is 0 Å². The third-order valence-electron chi connectivity index (χ3n) is 0.957. The number of hydrogen-bond donors (Lipinski definition) is 1. The number of carbonyl (C=O) groups is 1. The topological polar surface area (TPSA) is 37.3 Å². The van der Waals surface area contributed by atoms with Crippen molar-refractivity contribution in [3.05, 3.63) is 36.6 Å². The van der Waals surface area contributed by atoms with E-state index in [1.165, 1.54) is 19.1 Å². The minimum atomic E-state index is -0.166. The first-order chi connectivity index (χ1) is 4.72. The molecule has 0 aromatic heterocycles. The van der Waals surface area contributed by atoms with Gasteiger partial charge in [-0.2, -0.15) is 0 Å². The molecule has 0 aliphatic rings. The molecule has 0 rings (SSSR count). The predicted molar refractivity (Wildman–Crippen MR) is 40.7 cm³/mol. The molecule has 2 heteroatoms. The van der Waals surface area contributed by atoms with E-state index in [2.05, 4.69) is 6.58 Å². The molecular weight excluding hydrogens is 128 g/mol. The Morgan fingerprint density at radius 2 is 2.20 bits per heavy atom. The molecule has 0 heterocycles. The molecule has 10 heavy (non-hydrogen) atoms. The number of rotatable bonds is 3. The standard InChI is InChI=1S/C8H10O2/c1-3-4-5-8(6-9)7(2)10/h3-6,9H,1H2,2H3/b5-4-,8-6?. The van der Waals surface area contributed by atoms with Crippen molar-refractivity contribution >= 4 is 5.78 Å². The van der Waals surface area contributed by atoms with E-state index in [4.69, 9.17) is 5.11 Å². The van der Waals surface area contributed by atoms with E-state index in [-0.39, 0.29) is 11.4 Å². The summed E-state index contributed by atoms with van der Waals surface area (Å²) in [5.41, 5.74) is 0.278. The summed E-state index contributed by atoms with van der Waals surface area (Å²) in [7, 11) is 0. The number of aliphatic hydroxyl groups is 1. The highest BCUT2D eigenvalue weighted by molar-refractivity contribution is 5.95. The van der Waals surface area contributed by atoms with Gasteiger partial charge in [0.05, 0.1) is 11.8 Å². The second-order valence-corrected chi connectivity index (χ2v) is 1.74. The summed E-state index contributed by atoms with van der Waals surface area (Å²) >= 11 is 0. The van der Waals surface area contributed by atoms with Crippen LogP contribution in [-0.4, -0.2) is 10.9 Å². The Morgan fingerprint density at radius 3 is 2.50 bits per heavy atom. The lowest BCUT2D eigenvalue weighted by Crippen LogP contribution is -1.91. The average molecular weight is 138 g/mol. The van der Waals surface area contributed by atoms with Gasteiger partial charge in [-0.15, -0.1) is 0 Å². The Hall–Kier alpha value is -1.31. The number of allylic oxidation sites excluding steroid dienone is 4.